The molecule has 0 unspecified atom stereocenters. The highest BCUT2D eigenvalue weighted by Gasteiger charge is 2.34. The summed E-state index contributed by atoms with van der Waals surface area (Å²) in [6, 6.07) is 4.78. The fourth-order valence-electron chi connectivity index (χ4n) is 1.31. The Labute approximate surface area is 103 Å². The Balaban J connectivity index is 3.23. The van der Waals surface area contributed by atoms with Crippen LogP contribution in [0.2, 0.25) is 5.02 Å². The van der Waals surface area contributed by atoms with Crippen LogP contribution in [0.4, 0.5) is 8.78 Å². The zero-order chi connectivity index (χ0) is 12.3. The molecule has 0 saturated heterocycles. The van der Waals surface area contributed by atoms with Crippen molar-refractivity contribution in [1.29, 1.82) is 0 Å². The molecule has 16 heavy (non-hydrogen) atoms. The van der Waals surface area contributed by atoms with Crippen LogP contribution in [0.5, 0.6) is 0 Å². The minimum Gasteiger partial charge on any atom is -0.325 e. The molecule has 0 atom stereocenters. The summed E-state index contributed by atoms with van der Waals surface area (Å²) < 4.78 is 27.3. The molecule has 90 valence electrons. The lowest BCUT2D eigenvalue weighted by atomic mass is 10.1. The standard InChI is InChI=1S/C11H14ClF2NS/c1-7(2)16-9-5-3-4-8(12)10(9)11(13,14)6-15/h3-5,7H,6,15H2,1-2H3. The third kappa shape index (κ3) is 3.09. The summed E-state index contributed by atoms with van der Waals surface area (Å²) in [4.78, 5) is 0.498. The van der Waals surface area contributed by atoms with Gasteiger partial charge in [-0.2, -0.15) is 8.78 Å². The van der Waals surface area contributed by atoms with E-state index in [4.69, 9.17) is 17.3 Å². The van der Waals surface area contributed by atoms with Gasteiger partial charge in [0.2, 0.25) is 0 Å². The molecule has 0 bridgehead atoms. The maximum absolute atomic E-state index is 13.6. The van der Waals surface area contributed by atoms with Crippen LogP contribution in [0.25, 0.3) is 0 Å². The predicted octanol–water partition coefficient (Wildman–Crippen LogP) is 3.89. The Kier molecular flexibility index (Phi) is 4.59. The van der Waals surface area contributed by atoms with Crippen molar-refractivity contribution < 1.29 is 8.78 Å². The minimum absolute atomic E-state index is 0.0705. The molecule has 0 fully saturated rings. The summed E-state index contributed by atoms with van der Waals surface area (Å²) >= 11 is 7.19. The van der Waals surface area contributed by atoms with Crippen molar-refractivity contribution in [3.63, 3.8) is 0 Å². The van der Waals surface area contributed by atoms with Gasteiger partial charge in [-0.05, 0) is 12.1 Å². The Morgan fingerprint density at radius 2 is 2.06 bits per heavy atom. The van der Waals surface area contributed by atoms with Gasteiger partial charge in [0.1, 0.15) is 0 Å². The summed E-state index contributed by atoms with van der Waals surface area (Å²) in [5, 5.41) is 0.284. The number of thioether (sulfide) groups is 1. The molecule has 2 N–H and O–H groups in total. The molecule has 1 aromatic carbocycles. The number of hydrogen-bond donors (Lipinski definition) is 1. The number of hydrogen-bond acceptors (Lipinski definition) is 2. The molecule has 0 aliphatic heterocycles. The van der Waals surface area contributed by atoms with E-state index in [0.717, 1.165) is 0 Å². The van der Waals surface area contributed by atoms with E-state index >= 15 is 0 Å². The van der Waals surface area contributed by atoms with Crippen LogP contribution in [0.15, 0.2) is 23.1 Å². The summed E-state index contributed by atoms with van der Waals surface area (Å²) in [5.74, 6) is -3.07. The van der Waals surface area contributed by atoms with Crippen molar-refractivity contribution in [2.24, 2.45) is 5.73 Å². The normalized spacial score (nSPS) is 12.2. The molecule has 0 aromatic heterocycles. The lowest BCUT2D eigenvalue weighted by Crippen LogP contribution is -2.26. The molecule has 0 aliphatic rings. The molecule has 1 rings (SSSR count). The van der Waals surface area contributed by atoms with Crippen molar-refractivity contribution in [1.82, 2.24) is 0 Å². The number of benzene rings is 1. The first-order valence-corrected chi connectivity index (χ1v) is 6.17. The number of rotatable bonds is 4. The summed E-state index contributed by atoms with van der Waals surface area (Å²) in [5.41, 5.74) is 4.93. The van der Waals surface area contributed by atoms with E-state index in [1.165, 1.54) is 17.8 Å². The van der Waals surface area contributed by atoms with Crippen molar-refractivity contribution in [2.75, 3.05) is 6.54 Å². The monoisotopic (exact) mass is 265 g/mol. The second-order valence-corrected chi connectivity index (χ2v) is 5.71. The zero-order valence-corrected chi connectivity index (χ0v) is 10.7. The van der Waals surface area contributed by atoms with Crippen molar-refractivity contribution >= 4 is 23.4 Å². The number of halogens is 3. The quantitative estimate of drug-likeness (QED) is 0.836. The van der Waals surface area contributed by atoms with Crippen LogP contribution in [0.3, 0.4) is 0 Å². The Morgan fingerprint density at radius 3 is 2.56 bits per heavy atom. The lowest BCUT2D eigenvalue weighted by Gasteiger charge is -2.20. The summed E-state index contributed by atoms with van der Waals surface area (Å²) in [6.45, 7) is 3.15. The molecule has 1 aromatic rings. The van der Waals surface area contributed by atoms with E-state index in [2.05, 4.69) is 0 Å². The smallest absolute Gasteiger partial charge is 0.287 e. The van der Waals surface area contributed by atoms with Crippen LogP contribution < -0.4 is 5.73 Å². The molecular weight excluding hydrogens is 252 g/mol. The highest BCUT2D eigenvalue weighted by molar-refractivity contribution is 8.00. The van der Waals surface area contributed by atoms with Gasteiger partial charge in [0, 0.05) is 10.1 Å². The van der Waals surface area contributed by atoms with Gasteiger partial charge in [-0.3, -0.25) is 0 Å². The maximum Gasteiger partial charge on any atom is 0.287 e. The van der Waals surface area contributed by atoms with Crippen LogP contribution in [0.1, 0.15) is 19.4 Å². The van der Waals surface area contributed by atoms with Gasteiger partial charge in [0.25, 0.3) is 5.92 Å². The average molecular weight is 266 g/mol. The average Bonchev–Trinajstić information content (AvgIpc) is 2.16. The van der Waals surface area contributed by atoms with Crippen LogP contribution >= 0.6 is 23.4 Å². The largest absolute Gasteiger partial charge is 0.325 e. The van der Waals surface area contributed by atoms with Crippen LogP contribution in [-0.2, 0) is 5.92 Å². The van der Waals surface area contributed by atoms with Gasteiger partial charge in [-0.15, -0.1) is 11.8 Å². The number of alkyl halides is 2. The topological polar surface area (TPSA) is 26.0 Å². The fourth-order valence-corrected chi connectivity index (χ4v) is 2.72. The van der Waals surface area contributed by atoms with Crippen molar-refractivity contribution in [2.45, 2.75) is 29.9 Å². The summed E-state index contributed by atoms with van der Waals surface area (Å²) in [7, 11) is 0. The molecule has 1 nitrogen and oxygen atoms in total. The molecule has 0 spiro atoms. The third-order valence-corrected chi connectivity index (χ3v) is 3.34. The first-order valence-electron chi connectivity index (χ1n) is 4.92. The maximum atomic E-state index is 13.6. The molecule has 0 radical (unpaired) electrons. The third-order valence-electron chi connectivity index (χ3n) is 1.96. The Bertz CT molecular complexity index is 369. The van der Waals surface area contributed by atoms with Gasteiger partial charge in [0.15, 0.2) is 0 Å². The minimum atomic E-state index is -3.07. The molecule has 5 heteroatoms. The highest BCUT2D eigenvalue weighted by Crippen LogP contribution is 2.40. The first kappa shape index (κ1) is 13.7. The molecule has 0 aliphatic carbocycles. The Morgan fingerprint density at radius 1 is 1.44 bits per heavy atom. The van der Waals surface area contributed by atoms with E-state index < -0.39 is 12.5 Å². The van der Waals surface area contributed by atoms with Gasteiger partial charge >= 0.3 is 0 Å². The van der Waals surface area contributed by atoms with E-state index in [1.54, 1.807) is 12.1 Å². The van der Waals surface area contributed by atoms with Gasteiger partial charge in [0.05, 0.1) is 17.1 Å². The van der Waals surface area contributed by atoms with Crippen molar-refractivity contribution in [3.05, 3.63) is 28.8 Å². The van der Waals surface area contributed by atoms with Crippen LogP contribution in [-0.4, -0.2) is 11.8 Å². The molecule has 0 amide bonds. The van der Waals surface area contributed by atoms with Crippen molar-refractivity contribution in [3.8, 4) is 0 Å². The zero-order valence-electron chi connectivity index (χ0n) is 9.14. The Hall–Kier alpha value is -0.320. The lowest BCUT2D eigenvalue weighted by molar-refractivity contribution is 0.00333. The number of nitrogens with two attached hydrogens (primary N) is 1. The summed E-state index contributed by atoms with van der Waals surface area (Å²) in [6.07, 6.45) is 0. The van der Waals surface area contributed by atoms with Gasteiger partial charge < -0.3 is 5.73 Å². The predicted molar refractivity (Wildman–Crippen MR) is 65.4 cm³/mol. The van der Waals surface area contributed by atoms with E-state index in [9.17, 15) is 8.78 Å². The SMILES string of the molecule is CC(C)Sc1cccc(Cl)c1C(F)(F)CN. The van der Waals surface area contributed by atoms with E-state index in [1.807, 2.05) is 13.8 Å². The van der Waals surface area contributed by atoms with Gasteiger partial charge in [-0.1, -0.05) is 31.5 Å². The molecule has 0 saturated carbocycles. The first-order chi connectivity index (χ1) is 7.38. The van der Waals surface area contributed by atoms with Crippen LogP contribution in [0, 0.1) is 0 Å². The second kappa shape index (κ2) is 5.34. The molecular formula is C11H14ClF2NS. The highest BCUT2D eigenvalue weighted by atomic mass is 35.5. The van der Waals surface area contributed by atoms with E-state index in [-0.39, 0.29) is 15.8 Å². The molecule has 0 heterocycles. The van der Waals surface area contributed by atoms with Gasteiger partial charge in [-0.25, -0.2) is 0 Å². The van der Waals surface area contributed by atoms with E-state index in [0.29, 0.717) is 4.90 Å². The second-order valence-electron chi connectivity index (χ2n) is 3.69. The fraction of sp³-hybridized carbons (Fsp3) is 0.455.